The van der Waals surface area contributed by atoms with Crippen LogP contribution in [0.15, 0.2) is 47.6 Å². The van der Waals surface area contributed by atoms with Gasteiger partial charge in [0.15, 0.2) is 11.4 Å². The molecule has 0 atom stereocenters. The minimum absolute atomic E-state index is 0.0394. The van der Waals surface area contributed by atoms with Gasteiger partial charge in [0, 0.05) is 22.2 Å². The first-order valence-electron chi connectivity index (χ1n) is 8.37. The minimum Gasteiger partial charge on any atom is -0.338 e. The summed E-state index contributed by atoms with van der Waals surface area (Å²) in [6.45, 7) is 0. The van der Waals surface area contributed by atoms with Gasteiger partial charge in [-0.1, -0.05) is 30.0 Å². The van der Waals surface area contributed by atoms with Crippen LogP contribution in [0.4, 0.5) is 5.69 Å². The van der Waals surface area contributed by atoms with Gasteiger partial charge in [0.2, 0.25) is 11.1 Å². The molecule has 0 aliphatic carbocycles. The first-order chi connectivity index (χ1) is 13.2. The second-order valence-electron chi connectivity index (χ2n) is 6.27. The van der Waals surface area contributed by atoms with Gasteiger partial charge in [0.1, 0.15) is 5.52 Å². The van der Waals surface area contributed by atoms with Crippen molar-refractivity contribution in [3.05, 3.63) is 53.6 Å². The number of amides is 1. The summed E-state index contributed by atoms with van der Waals surface area (Å²) in [5.74, 6) is 0.116. The van der Waals surface area contributed by atoms with E-state index in [2.05, 4.69) is 25.5 Å². The Balaban J connectivity index is 1.35. The molecule has 4 aromatic rings. The number of H-pyrrole nitrogens is 1. The van der Waals surface area contributed by atoms with Crippen LogP contribution in [-0.4, -0.2) is 37.6 Å². The number of fused-ring (bicyclic) bond motifs is 4. The van der Waals surface area contributed by atoms with Crippen LogP contribution in [-0.2, 0) is 11.2 Å². The zero-order chi connectivity index (χ0) is 18.4. The quantitative estimate of drug-likeness (QED) is 0.420. The summed E-state index contributed by atoms with van der Waals surface area (Å²) in [5, 5.41) is 12.6. The first-order valence-corrected chi connectivity index (χ1v) is 9.36. The highest BCUT2D eigenvalue weighted by Gasteiger charge is 2.19. The third-order valence-electron chi connectivity index (χ3n) is 4.49. The number of nitrogens with one attached hydrogen (secondary N) is 2. The van der Waals surface area contributed by atoms with Crippen molar-refractivity contribution >= 4 is 51.2 Å². The van der Waals surface area contributed by atoms with E-state index in [1.54, 1.807) is 18.2 Å². The maximum Gasteiger partial charge on any atom is 0.228 e. The van der Waals surface area contributed by atoms with Crippen LogP contribution in [0.3, 0.4) is 0 Å². The molecule has 5 rings (SSSR count). The summed E-state index contributed by atoms with van der Waals surface area (Å²) in [4.78, 5) is 31.6. The van der Waals surface area contributed by atoms with Crippen molar-refractivity contribution in [3.8, 4) is 0 Å². The zero-order valence-electron chi connectivity index (χ0n) is 14.0. The van der Waals surface area contributed by atoms with Gasteiger partial charge >= 0.3 is 0 Å². The van der Waals surface area contributed by atoms with Crippen LogP contribution in [0.25, 0.3) is 22.1 Å². The monoisotopic (exact) mass is 375 g/mol. The number of aromatic amines is 1. The van der Waals surface area contributed by atoms with E-state index in [0.717, 1.165) is 27.7 Å². The van der Waals surface area contributed by atoms with Gasteiger partial charge in [0.25, 0.3) is 0 Å². The predicted molar refractivity (Wildman–Crippen MR) is 103 cm³/mol. The Labute approximate surface area is 157 Å². The number of nitrogens with zero attached hydrogens (tertiary/aromatic N) is 3. The maximum atomic E-state index is 12.5. The zero-order valence-corrected chi connectivity index (χ0v) is 14.8. The number of thioether (sulfide) groups is 1. The van der Waals surface area contributed by atoms with Gasteiger partial charge in [-0.3, -0.25) is 9.59 Å². The summed E-state index contributed by atoms with van der Waals surface area (Å²) >= 11 is 1.25. The number of carbonyl (C=O) groups is 2. The van der Waals surface area contributed by atoms with E-state index in [1.807, 2.05) is 24.3 Å². The van der Waals surface area contributed by atoms with Gasteiger partial charge in [0.05, 0.1) is 12.2 Å². The average Bonchev–Trinajstić information content (AvgIpc) is 3.24. The molecule has 0 saturated carbocycles. The van der Waals surface area contributed by atoms with Crippen LogP contribution in [0.1, 0.15) is 15.9 Å². The number of anilines is 1. The fourth-order valence-corrected chi connectivity index (χ4v) is 3.86. The summed E-state index contributed by atoms with van der Waals surface area (Å²) in [6, 6.07) is 13.1. The molecule has 3 heterocycles. The Morgan fingerprint density at radius 1 is 1.15 bits per heavy atom. The number of benzene rings is 2. The highest BCUT2D eigenvalue weighted by atomic mass is 32.2. The minimum atomic E-state index is -0.0462. The van der Waals surface area contributed by atoms with E-state index in [0.29, 0.717) is 22.8 Å². The lowest BCUT2D eigenvalue weighted by atomic mass is 10.1. The number of carbonyl (C=O) groups excluding carboxylic acids is 2. The van der Waals surface area contributed by atoms with Crippen molar-refractivity contribution in [2.75, 3.05) is 11.1 Å². The number of aromatic nitrogens is 4. The number of Topliss-reactive ketones (excluding diaryl/α,β-unsaturated/α-hetero) is 1. The molecule has 2 N–H and O–H groups in total. The van der Waals surface area contributed by atoms with Crippen molar-refractivity contribution in [2.45, 2.75) is 11.6 Å². The molecule has 0 bridgehead atoms. The van der Waals surface area contributed by atoms with Gasteiger partial charge < -0.3 is 10.3 Å². The second kappa shape index (κ2) is 6.17. The molecule has 1 aliphatic rings. The SMILES string of the molecule is O=C1Cc2cc(C(=O)CSc3nnc4c(n3)[nH]c3ccccc34)ccc2N1. The Bertz CT molecular complexity index is 1230. The second-order valence-corrected chi connectivity index (χ2v) is 7.21. The van der Waals surface area contributed by atoms with E-state index in [-0.39, 0.29) is 17.4 Å². The summed E-state index contributed by atoms with van der Waals surface area (Å²) in [7, 11) is 0. The van der Waals surface area contributed by atoms with Crippen molar-refractivity contribution in [1.29, 1.82) is 0 Å². The number of hydrogen-bond acceptors (Lipinski definition) is 6. The topological polar surface area (TPSA) is 101 Å². The summed E-state index contributed by atoms with van der Waals surface area (Å²) in [5.41, 5.74) is 4.54. The lowest BCUT2D eigenvalue weighted by molar-refractivity contribution is -0.115. The molecule has 27 heavy (non-hydrogen) atoms. The molecule has 7 nitrogen and oxygen atoms in total. The lowest BCUT2D eigenvalue weighted by Crippen LogP contribution is -2.04. The number of rotatable bonds is 4. The van der Waals surface area contributed by atoms with Crippen molar-refractivity contribution in [2.24, 2.45) is 0 Å². The fourth-order valence-electron chi connectivity index (χ4n) is 3.18. The predicted octanol–water partition coefficient (Wildman–Crippen LogP) is 2.98. The molecule has 0 fully saturated rings. The molecular weight excluding hydrogens is 362 g/mol. The van der Waals surface area contributed by atoms with E-state index in [4.69, 9.17) is 0 Å². The van der Waals surface area contributed by atoms with E-state index in [9.17, 15) is 9.59 Å². The molecule has 0 unspecified atom stereocenters. The van der Waals surface area contributed by atoms with Gasteiger partial charge in [-0.25, -0.2) is 4.98 Å². The van der Waals surface area contributed by atoms with E-state index in [1.165, 1.54) is 11.8 Å². The van der Waals surface area contributed by atoms with Gasteiger partial charge in [-0.05, 0) is 29.8 Å². The summed E-state index contributed by atoms with van der Waals surface area (Å²) in [6.07, 6.45) is 0.313. The number of hydrogen-bond donors (Lipinski definition) is 2. The molecule has 1 amide bonds. The van der Waals surface area contributed by atoms with Gasteiger partial charge in [-0.15, -0.1) is 10.2 Å². The first kappa shape index (κ1) is 16.0. The average molecular weight is 375 g/mol. The Kier molecular flexibility index (Phi) is 3.64. The molecule has 8 heteroatoms. The number of ketones is 1. The number of para-hydroxylation sites is 1. The van der Waals surface area contributed by atoms with Crippen molar-refractivity contribution < 1.29 is 9.59 Å². The third kappa shape index (κ3) is 2.83. The smallest absolute Gasteiger partial charge is 0.228 e. The molecule has 132 valence electrons. The molecule has 2 aromatic carbocycles. The normalized spacial score (nSPS) is 13.1. The third-order valence-corrected chi connectivity index (χ3v) is 5.32. The van der Waals surface area contributed by atoms with Crippen LogP contribution >= 0.6 is 11.8 Å². The largest absolute Gasteiger partial charge is 0.338 e. The standard InChI is InChI=1S/C19H13N5O2S/c25-15(10-5-6-13-11(7-10)8-16(26)20-13)9-27-19-22-18-17(23-24-19)12-3-1-2-4-14(12)21-18/h1-7H,8-9H2,(H,20,26)(H,21,22,24). The molecule has 2 aromatic heterocycles. The Hall–Kier alpha value is -3.26. The van der Waals surface area contributed by atoms with Gasteiger partial charge in [-0.2, -0.15) is 0 Å². The fraction of sp³-hybridized carbons (Fsp3) is 0.105. The molecule has 0 radical (unpaired) electrons. The summed E-state index contributed by atoms with van der Waals surface area (Å²) < 4.78 is 0. The van der Waals surface area contributed by atoms with Crippen LogP contribution < -0.4 is 5.32 Å². The van der Waals surface area contributed by atoms with E-state index >= 15 is 0 Å². The highest BCUT2D eigenvalue weighted by Crippen LogP contribution is 2.26. The molecular formula is C19H13N5O2S. The molecule has 0 saturated heterocycles. The highest BCUT2D eigenvalue weighted by molar-refractivity contribution is 7.99. The maximum absolute atomic E-state index is 12.5. The molecule has 0 spiro atoms. The Morgan fingerprint density at radius 3 is 2.96 bits per heavy atom. The van der Waals surface area contributed by atoms with Crippen LogP contribution in [0.2, 0.25) is 0 Å². The van der Waals surface area contributed by atoms with Crippen molar-refractivity contribution in [1.82, 2.24) is 20.2 Å². The lowest BCUT2D eigenvalue weighted by Gasteiger charge is -2.03. The van der Waals surface area contributed by atoms with Crippen LogP contribution in [0.5, 0.6) is 0 Å². The van der Waals surface area contributed by atoms with E-state index < -0.39 is 0 Å². The Morgan fingerprint density at radius 2 is 2.04 bits per heavy atom. The molecule has 1 aliphatic heterocycles. The van der Waals surface area contributed by atoms with Crippen LogP contribution in [0, 0.1) is 0 Å². The van der Waals surface area contributed by atoms with Crippen molar-refractivity contribution in [3.63, 3.8) is 0 Å².